The second-order valence-electron chi connectivity index (χ2n) is 5.71. The van der Waals surface area contributed by atoms with Crippen LogP contribution in [0.25, 0.3) is 0 Å². The zero-order valence-electron chi connectivity index (χ0n) is 11.0. The van der Waals surface area contributed by atoms with Gasteiger partial charge in [-0.05, 0) is 31.4 Å². The minimum absolute atomic E-state index is 0.151. The van der Waals surface area contributed by atoms with Crippen molar-refractivity contribution in [3.8, 4) is 6.07 Å². The highest BCUT2D eigenvalue weighted by atomic mass is 19.1. The normalized spacial score (nSPS) is 26.3. The van der Waals surface area contributed by atoms with Gasteiger partial charge in [0, 0.05) is 5.41 Å². The lowest BCUT2D eigenvalue weighted by Crippen LogP contribution is -2.52. The molecule has 1 aliphatic rings. The van der Waals surface area contributed by atoms with E-state index in [2.05, 4.69) is 25.2 Å². The molecule has 2 rings (SSSR count). The van der Waals surface area contributed by atoms with Crippen LogP contribution in [0.15, 0.2) is 24.3 Å². The highest BCUT2D eigenvalue weighted by Gasteiger charge is 2.47. The van der Waals surface area contributed by atoms with Gasteiger partial charge in [-0.1, -0.05) is 32.4 Å². The van der Waals surface area contributed by atoms with Crippen molar-refractivity contribution in [1.82, 2.24) is 0 Å². The van der Waals surface area contributed by atoms with E-state index in [0.29, 0.717) is 5.69 Å². The van der Waals surface area contributed by atoms with Crippen LogP contribution in [-0.2, 0) is 0 Å². The van der Waals surface area contributed by atoms with Crippen molar-refractivity contribution in [2.24, 2.45) is 5.41 Å². The summed E-state index contributed by atoms with van der Waals surface area (Å²) < 4.78 is 13.7. The second kappa shape index (κ2) is 4.61. The van der Waals surface area contributed by atoms with E-state index in [0.717, 1.165) is 25.7 Å². The number of para-hydroxylation sites is 1. The average molecular weight is 246 g/mol. The SMILES string of the molecule is CC1(C)CCCCC1(C#N)Nc1ccccc1F. The van der Waals surface area contributed by atoms with Crippen LogP contribution >= 0.6 is 0 Å². The number of hydrogen-bond acceptors (Lipinski definition) is 2. The first-order valence-electron chi connectivity index (χ1n) is 6.45. The maximum Gasteiger partial charge on any atom is 0.146 e. The number of halogens is 1. The predicted octanol–water partition coefficient (Wildman–Crippen LogP) is 4.10. The number of benzene rings is 1. The molecule has 0 amide bonds. The van der Waals surface area contributed by atoms with Gasteiger partial charge < -0.3 is 5.32 Å². The Morgan fingerprint density at radius 3 is 2.50 bits per heavy atom. The van der Waals surface area contributed by atoms with Crippen LogP contribution in [0.2, 0.25) is 0 Å². The van der Waals surface area contributed by atoms with E-state index in [1.807, 2.05) is 0 Å². The van der Waals surface area contributed by atoms with Gasteiger partial charge >= 0.3 is 0 Å². The molecule has 1 N–H and O–H groups in total. The van der Waals surface area contributed by atoms with Crippen LogP contribution in [0.5, 0.6) is 0 Å². The molecule has 1 atom stereocenters. The number of nitriles is 1. The van der Waals surface area contributed by atoms with Crippen molar-refractivity contribution in [3.05, 3.63) is 30.1 Å². The lowest BCUT2D eigenvalue weighted by atomic mass is 9.63. The average Bonchev–Trinajstić information content (AvgIpc) is 2.34. The van der Waals surface area contributed by atoms with Gasteiger partial charge in [-0.2, -0.15) is 5.26 Å². The summed E-state index contributed by atoms with van der Waals surface area (Å²) in [5.41, 5.74) is -0.399. The van der Waals surface area contributed by atoms with Crippen molar-refractivity contribution >= 4 is 5.69 Å². The molecule has 0 heterocycles. The van der Waals surface area contributed by atoms with E-state index in [1.54, 1.807) is 18.2 Å². The quantitative estimate of drug-likeness (QED) is 0.852. The molecular formula is C15H19FN2. The maximum absolute atomic E-state index is 13.7. The molecule has 0 saturated heterocycles. The second-order valence-corrected chi connectivity index (χ2v) is 5.71. The number of anilines is 1. The first kappa shape index (κ1) is 12.9. The van der Waals surface area contributed by atoms with E-state index >= 15 is 0 Å². The minimum Gasteiger partial charge on any atom is -0.365 e. The summed E-state index contributed by atoms with van der Waals surface area (Å²) in [6, 6.07) is 8.96. The highest BCUT2D eigenvalue weighted by molar-refractivity contribution is 5.50. The summed E-state index contributed by atoms with van der Waals surface area (Å²) in [6.07, 6.45) is 3.90. The Labute approximate surface area is 108 Å². The lowest BCUT2D eigenvalue weighted by molar-refractivity contribution is 0.164. The van der Waals surface area contributed by atoms with Gasteiger partial charge in [0.2, 0.25) is 0 Å². The van der Waals surface area contributed by atoms with Crippen molar-refractivity contribution in [2.75, 3.05) is 5.32 Å². The smallest absolute Gasteiger partial charge is 0.146 e. The first-order valence-corrected chi connectivity index (χ1v) is 6.45. The third kappa shape index (κ3) is 2.08. The van der Waals surface area contributed by atoms with Crippen molar-refractivity contribution in [1.29, 1.82) is 5.26 Å². The lowest BCUT2D eigenvalue weighted by Gasteiger charge is -2.46. The molecular weight excluding hydrogens is 227 g/mol. The van der Waals surface area contributed by atoms with Crippen LogP contribution in [0.3, 0.4) is 0 Å². The van der Waals surface area contributed by atoms with Gasteiger partial charge in [0.1, 0.15) is 11.4 Å². The summed E-state index contributed by atoms with van der Waals surface area (Å²) in [4.78, 5) is 0. The van der Waals surface area contributed by atoms with Gasteiger partial charge in [-0.15, -0.1) is 0 Å². The largest absolute Gasteiger partial charge is 0.365 e. The number of nitrogens with one attached hydrogen (secondary N) is 1. The third-order valence-corrected chi connectivity index (χ3v) is 4.17. The molecule has 18 heavy (non-hydrogen) atoms. The molecule has 0 aromatic heterocycles. The summed E-state index contributed by atoms with van der Waals surface area (Å²) >= 11 is 0. The first-order chi connectivity index (χ1) is 8.51. The fourth-order valence-corrected chi connectivity index (χ4v) is 2.77. The molecule has 1 unspecified atom stereocenters. The number of rotatable bonds is 2. The van der Waals surface area contributed by atoms with Crippen LogP contribution in [0.1, 0.15) is 39.5 Å². The molecule has 0 aliphatic heterocycles. The summed E-state index contributed by atoms with van der Waals surface area (Å²) in [7, 11) is 0. The zero-order valence-corrected chi connectivity index (χ0v) is 11.0. The molecule has 1 fully saturated rings. The molecule has 3 heteroatoms. The third-order valence-electron chi connectivity index (χ3n) is 4.17. The van der Waals surface area contributed by atoms with E-state index in [-0.39, 0.29) is 11.2 Å². The van der Waals surface area contributed by atoms with E-state index < -0.39 is 5.54 Å². The highest BCUT2D eigenvalue weighted by Crippen LogP contribution is 2.45. The topological polar surface area (TPSA) is 35.8 Å². The number of nitrogens with zero attached hydrogens (tertiary/aromatic N) is 1. The molecule has 1 aromatic rings. The van der Waals surface area contributed by atoms with Gasteiger partial charge in [0.15, 0.2) is 0 Å². The molecule has 0 radical (unpaired) electrons. The summed E-state index contributed by atoms with van der Waals surface area (Å²) in [6.45, 7) is 4.17. The van der Waals surface area contributed by atoms with Crippen LogP contribution in [0.4, 0.5) is 10.1 Å². The zero-order chi connectivity index (χ0) is 13.2. The summed E-state index contributed by atoms with van der Waals surface area (Å²) in [5, 5.41) is 12.8. The van der Waals surface area contributed by atoms with E-state index in [4.69, 9.17) is 0 Å². The van der Waals surface area contributed by atoms with Gasteiger partial charge in [0.25, 0.3) is 0 Å². The van der Waals surface area contributed by atoms with E-state index in [1.165, 1.54) is 6.07 Å². The van der Waals surface area contributed by atoms with Crippen LogP contribution in [-0.4, -0.2) is 5.54 Å². The fourth-order valence-electron chi connectivity index (χ4n) is 2.77. The Kier molecular flexibility index (Phi) is 3.30. The van der Waals surface area contributed by atoms with E-state index in [9.17, 15) is 9.65 Å². The molecule has 1 aliphatic carbocycles. The Morgan fingerprint density at radius 1 is 1.22 bits per heavy atom. The molecule has 0 bridgehead atoms. The van der Waals surface area contributed by atoms with Crippen molar-refractivity contribution in [3.63, 3.8) is 0 Å². The Bertz CT molecular complexity index is 476. The monoisotopic (exact) mass is 246 g/mol. The van der Waals surface area contributed by atoms with Crippen LogP contribution in [0, 0.1) is 22.6 Å². The Morgan fingerprint density at radius 2 is 1.89 bits per heavy atom. The van der Waals surface area contributed by atoms with Crippen molar-refractivity contribution < 1.29 is 4.39 Å². The fraction of sp³-hybridized carbons (Fsp3) is 0.533. The molecule has 1 aromatic carbocycles. The van der Waals surface area contributed by atoms with Gasteiger partial charge in [-0.25, -0.2) is 4.39 Å². The Hall–Kier alpha value is -1.56. The maximum atomic E-state index is 13.7. The van der Waals surface area contributed by atoms with Gasteiger partial charge in [0.05, 0.1) is 11.8 Å². The van der Waals surface area contributed by atoms with Gasteiger partial charge in [-0.3, -0.25) is 0 Å². The predicted molar refractivity (Wildman–Crippen MR) is 70.6 cm³/mol. The summed E-state index contributed by atoms with van der Waals surface area (Å²) in [5.74, 6) is -0.298. The molecule has 2 nitrogen and oxygen atoms in total. The molecule has 1 saturated carbocycles. The van der Waals surface area contributed by atoms with Crippen molar-refractivity contribution in [2.45, 2.75) is 45.1 Å². The standard InChI is InChI=1S/C15H19FN2/c1-14(2)9-5-6-10-15(14,11-17)18-13-8-4-3-7-12(13)16/h3-4,7-8,18H,5-6,9-10H2,1-2H3. The number of hydrogen-bond donors (Lipinski definition) is 1. The molecule has 0 spiro atoms. The minimum atomic E-state index is -0.673. The Balaban J connectivity index is 2.34. The van der Waals surface area contributed by atoms with Crippen LogP contribution < -0.4 is 5.32 Å². The molecule has 96 valence electrons.